The van der Waals surface area contributed by atoms with E-state index in [2.05, 4.69) is 22.4 Å². The van der Waals surface area contributed by atoms with Gasteiger partial charge in [0.1, 0.15) is 5.82 Å². The minimum Gasteiger partial charge on any atom is -0.373 e. The van der Waals surface area contributed by atoms with Crippen LogP contribution in [0.4, 0.5) is 5.82 Å². The SMILES string of the molecule is CNc1ccc(CC2=CCCCC2)cn1. The Kier molecular flexibility index (Phi) is 3.38. The minimum absolute atomic E-state index is 0.941. The van der Waals surface area contributed by atoms with Crippen molar-refractivity contribution in [1.82, 2.24) is 4.98 Å². The number of anilines is 1. The van der Waals surface area contributed by atoms with Crippen LogP contribution in [0.3, 0.4) is 0 Å². The van der Waals surface area contributed by atoms with Crippen LogP contribution in [0.1, 0.15) is 31.2 Å². The summed E-state index contributed by atoms with van der Waals surface area (Å²) in [6, 6.07) is 4.20. The molecule has 1 aromatic heterocycles. The molecule has 80 valence electrons. The summed E-state index contributed by atoms with van der Waals surface area (Å²) < 4.78 is 0. The quantitative estimate of drug-likeness (QED) is 0.761. The van der Waals surface area contributed by atoms with Gasteiger partial charge in [0.25, 0.3) is 0 Å². The van der Waals surface area contributed by atoms with Gasteiger partial charge in [-0.3, -0.25) is 0 Å². The summed E-state index contributed by atoms with van der Waals surface area (Å²) in [5.74, 6) is 0.941. The number of pyridine rings is 1. The highest BCUT2D eigenvalue weighted by atomic mass is 14.9. The van der Waals surface area contributed by atoms with Crippen LogP contribution in [-0.4, -0.2) is 12.0 Å². The highest BCUT2D eigenvalue weighted by Crippen LogP contribution is 2.21. The average molecular weight is 202 g/mol. The van der Waals surface area contributed by atoms with Gasteiger partial charge < -0.3 is 5.32 Å². The van der Waals surface area contributed by atoms with Gasteiger partial charge in [0.05, 0.1) is 0 Å². The van der Waals surface area contributed by atoms with E-state index >= 15 is 0 Å². The smallest absolute Gasteiger partial charge is 0.125 e. The molecule has 0 bridgehead atoms. The molecule has 1 aromatic rings. The second-order valence-electron chi connectivity index (χ2n) is 4.09. The average Bonchev–Trinajstić information content (AvgIpc) is 2.31. The van der Waals surface area contributed by atoms with E-state index in [0.717, 1.165) is 12.2 Å². The summed E-state index contributed by atoms with van der Waals surface area (Å²) in [4.78, 5) is 4.32. The zero-order chi connectivity index (χ0) is 10.5. The van der Waals surface area contributed by atoms with Gasteiger partial charge >= 0.3 is 0 Å². The molecule has 0 atom stereocenters. The molecule has 15 heavy (non-hydrogen) atoms. The van der Waals surface area contributed by atoms with E-state index in [1.807, 2.05) is 19.3 Å². The molecule has 1 aliphatic carbocycles. The van der Waals surface area contributed by atoms with E-state index < -0.39 is 0 Å². The van der Waals surface area contributed by atoms with Gasteiger partial charge in [0.15, 0.2) is 0 Å². The van der Waals surface area contributed by atoms with Crippen LogP contribution in [0, 0.1) is 0 Å². The third-order valence-electron chi connectivity index (χ3n) is 2.90. The lowest BCUT2D eigenvalue weighted by Crippen LogP contribution is -1.98. The Morgan fingerprint density at radius 3 is 2.87 bits per heavy atom. The molecule has 0 radical (unpaired) electrons. The monoisotopic (exact) mass is 202 g/mol. The van der Waals surface area contributed by atoms with Crippen molar-refractivity contribution < 1.29 is 0 Å². The van der Waals surface area contributed by atoms with Crippen LogP contribution in [0.15, 0.2) is 30.0 Å². The first-order chi connectivity index (χ1) is 7.38. The van der Waals surface area contributed by atoms with Crippen molar-refractivity contribution in [2.45, 2.75) is 32.1 Å². The standard InChI is InChI=1S/C13H18N2/c1-14-13-8-7-12(10-15-13)9-11-5-3-2-4-6-11/h5,7-8,10H,2-4,6,9H2,1H3,(H,14,15). The van der Waals surface area contributed by atoms with E-state index in [1.54, 1.807) is 5.57 Å². The summed E-state index contributed by atoms with van der Waals surface area (Å²) in [5.41, 5.74) is 2.91. The third kappa shape index (κ3) is 2.82. The Balaban J connectivity index is 2.00. The number of rotatable bonds is 3. The van der Waals surface area contributed by atoms with Gasteiger partial charge in [-0.2, -0.15) is 0 Å². The Morgan fingerprint density at radius 2 is 2.27 bits per heavy atom. The summed E-state index contributed by atoms with van der Waals surface area (Å²) in [6.45, 7) is 0. The van der Waals surface area contributed by atoms with Crippen LogP contribution in [-0.2, 0) is 6.42 Å². The number of nitrogens with zero attached hydrogens (tertiary/aromatic N) is 1. The van der Waals surface area contributed by atoms with Crippen molar-refractivity contribution in [2.24, 2.45) is 0 Å². The fourth-order valence-electron chi connectivity index (χ4n) is 2.00. The number of nitrogens with one attached hydrogen (secondary N) is 1. The van der Waals surface area contributed by atoms with Crippen molar-refractivity contribution in [2.75, 3.05) is 12.4 Å². The Morgan fingerprint density at radius 1 is 1.33 bits per heavy atom. The molecule has 2 heteroatoms. The van der Waals surface area contributed by atoms with Crippen LogP contribution in [0.5, 0.6) is 0 Å². The molecule has 0 spiro atoms. The molecule has 0 aromatic carbocycles. The van der Waals surface area contributed by atoms with Crippen molar-refractivity contribution >= 4 is 5.82 Å². The zero-order valence-corrected chi connectivity index (χ0v) is 9.29. The normalized spacial score (nSPS) is 15.9. The predicted molar refractivity (Wildman–Crippen MR) is 64.0 cm³/mol. The van der Waals surface area contributed by atoms with Crippen LogP contribution in [0.25, 0.3) is 0 Å². The second kappa shape index (κ2) is 4.96. The first kappa shape index (κ1) is 10.2. The molecule has 1 heterocycles. The number of hydrogen-bond donors (Lipinski definition) is 1. The Bertz CT molecular complexity index is 338. The molecule has 0 aliphatic heterocycles. The lowest BCUT2D eigenvalue weighted by Gasteiger charge is -2.12. The van der Waals surface area contributed by atoms with E-state index in [4.69, 9.17) is 0 Å². The predicted octanol–water partition coefficient (Wildman–Crippen LogP) is 3.17. The Labute approximate surface area is 91.4 Å². The molecule has 0 fully saturated rings. The van der Waals surface area contributed by atoms with Crippen molar-refractivity contribution in [3.05, 3.63) is 35.5 Å². The molecular weight excluding hydrogens is 184 g/mol. The first-order valence-corrected chi connectivity index (χ1v) is 5.69. The maximum Gasteiger partial charge on any atom is 0.125 e. The van der Waals surface area contributed by atoms with Gasteiger partial charge in [-0.05, 0) is 43.7 Å². The van der Waals surface area contributed by atoms with E-state index in [9.17, 15) is 0 Å². The molecule has 0 saturated heterocycles. The van der Waals surface area contributed by atoms with E-state index in [0.29, 0.717) is 0 Å². The van der Waals surface area contributed by atoms with Gasteiger partial charge in [0, 0.05) is 13.2 Å². The van der Waals surface area contributed by atoms with Crippen molar-refractivity contribution in [3.8, 4) is 0 Å². The van der Waals surface area contributed by atoms with Crippen LogP contribution in [0.2, 0.25) is 0 Å². The number of allylic oxidation sites excluding steroid dienone is 2. The second-order valence-corrected chi connectivity index (χ2v) is 4.09. The highest BCUT2D eigenvalue weighted by molar-refractivity contribution is 5.35. The first-order valence-electron chi connectivity index (χ1n) is 5.69. The molecule has 0 amide bonds. The maximum atomic E-state index is 4.32. The summed E-state index contributed by atoms with van der Waals surface area (Å²) in [6.07, 6.45) is 10.7. The van der Waals surface area contributed by atoms with Gasteiger partial charge in [-0.1, -0.05) is 17.7 Å². The zero-order valence-electron chi connectivity index (χ0n) is 9.29. The number of hydrogen-bond acceptors (Lipinski definition) is 2. The fraction of sp³-hybridized carbons (Fsp3) is 0.462. The largest absolute Gasteiger partial charge is 0.373 e. The lowest BCUT2D eigenvalue weighted by atomic mass is 9.95. The van der Waals surface area contributed by atoms with Crippen molar-refractivity contribution in [3.63, 3.8) is 0 Å². The molecular formula is C13H18N2. The van der Waals surface area contributed by atoms with E-state index in [-0.39, 0.29) is 0 Å². The highest BCUT2D eigenvalue weighted by Gasteiger charge is 2.04. The minimum atomic E-state index is 0.941. The molecule has 2 nitrogen and oxygen atoms in total. The van der Waals surface area contributed by atoms with Crippen LogP contribution < -0.4 is 5.32 Å². The topological polar surface area (TPSA) is 24.9 Å². The molecule has 0 unspecified atom stereocenters. The van der Waals surface area contributed by atoms with Gasteiger partial charge in [-0.15, -0.1) is 0 Å². The lowest BCUT2D eigenvalue weighted by molar-refractivity contribution is 0.688. The third-order valence-corrected chi connectivity index (χ3v) is 2.90. The van der Waals surface area contributed by atoms with Crippen molar-refractivity contribution in [1.29, 1.82) is 0 Å². The molecule has 1 aliphatic rings. The molecule has 1 N–H and O–H groups in total. The van der Waals surface area contributed by atoms with Gasteiger partial charge in [0.2, 0.25) is 0 Å². The fourth-order valence-corrected chi connectivity index (χ4v) is 2.00. The van der Waals surface area contributed by atoms with Crippen LogP contribution >= 0.6 is 0 Å². The maximum absolute atomic E-state index is 4.32. The molecule has 0 saturated carbocycles. The van der Waals surface area contributed by atoms with E-state index in [1.165, 1.54) is 31.2 Å². The Hall–Kier alpha value is -1.31. The number of aromatic nitrogens is 1. The summed E-state index contributed by atoms with van der Waals surface area (Å²) in [7, 11) is 1.89. The molecule has 2 rings (SSSR count). The van der Waals surface area contributed by atoms with Gasteiger partial charge in [-0.25, -0.2) is 4.98 Å². The summed E-state index contributed by atoms with van der Waals surface area (Å²) >= 11 is 0. The summed E-state index contributed by atoms with van der Waals surface area (Å²) in [5, 5.41) is 3.03.